The van der Waals surface area contributed by atoms with Gasteiger partial charge in [0.05, 0.1) is 5.69 Å². The fourth-order valence-corrected chi connectivity index (χ4v) is 3.94. The maximum atomic E-state index is 11.1. The molecule has 0 spiro atoms. The average molecular weight is 362 g/mol. The van der Waals surface area contributed by atoms with Crippen molar-refractivity contribution >= 4 is 16.9 Å². The van der Waals surface area contributed by atoms with Gasteiger partial charge in [-0.15, -0.1) is 10.2 Å². The minimum atomic E-state index is 0.119. The molecule has 1 aromatic carbocycles. The Morgan fingerprint density at radius 1 is 1.26 bits per heavy atom. The van der Waals surface area contributed by atoms with Crippen molar-refractivity contribution in [3.63, 3.8) is 0 Å². The number of phenols is 1. The molecule has 3 heterocycles. The SMILES string of the molecule is C=CC(=O)N1C[C@@H]2CCCC21.Oc1ccccc1-c1cc2cc[nH]c2nn1. The summed E-state index contributed by atoms with van der Waals surface area (Å²) in [5.41, 5.74) is 2.11. The molecule has 5 rings (SSSR count). The molecule has 0 radical (unpaired) electrons. The Hall–Kier alpha value is -3.15. The highest BCUT2D eigenvalue weighted by Gasteiger charge is 2.43. The van der Waals surface area contributed by atoms with Crippen LogP contribution in [0.5, 0.6) is 5.75 Å². The topological polar surface area (TPSA) is 82.1 Å². The summed E-state index contributed by atoms with van der Waals surface area (Å²) in [6, 6.07) is 11.5. The molecule has 1 unspecified atom stereocenters. The second-order valence-electron chi connectivity index (χ2n) is 6.98. The number of likely N-dealkylation sites (tertiary alicyclic amines) is 1. The lowest BCUT2D eigenvalue weighted by molar-refractivity contribution is -0.136. The maximum Gasteiger partial charge on any atom is 0.246 e. The Morgan fingerprint density at radius 2 is 2.11 bits per heavy atom. The van der Waals surface area contributed by atoms with E-state index in [4.69, 9.17) is 0 Å². The van der Waals surface area contributed by atoms with E-state index >= 15 is 0 Å². The molecule has 6 heteroatoms. The van der Waals surface area contributed by atoms with Crippen molar-refractivity contribution in [1.82, 2.24) is 20.1 Å². The third-order valence-electron chi connectivity index (χ3n) is 5.39. The summed E-state index contributed by atoms with van der Waals surface area (Å²) < 4.78 is 0. The van der Waals surface area contributed by atoms with Crippen LogP contribution in [-0.2, 0) is 4.79 Å². The minimum Gasteiger partial charge on any atom is -0.507 e. The summed E-state index contributed by atoms with van der Waals surface area (Å²) in [5, 5.41) is 18.8. The van der Waals surface area contributed by atoms with E-state index in [0.717, 1.165) is 23.5 Å². The van der Waals surface area contributed by atoms with Crippen LogP contribution in [0.1, 0.15) is 19.3 Å². The van der Waals surface area contributed by atoms with Crippen molar-refractivity contribution in [1.29, 1.82) is 0 Å². The largest absolute Gasteiger partial charge is 0.507 e. The summed E-state index contributed by atoms with van der Waals surface area (Å²) in [6.07, 6.45) is 7.08. The van der Waals surface area contributed by atoms with Gasteiger partial charge in [0.2, 0.25) is 5.91 Å². The molecule has 2 aromatic heterocycles. The van der Waals surface area contributed by atoms with Crippen molar-refractivity contribution in [3.05, 3.63) is 55.3 Å². The van der Waals surface area contributed by atoms with E-state index in [1.54, 1.807) is 12.1 Å². The van der Waals surface area contributed by atoms with Gasteiger partial charge in [-0.25, -0.2) is 0 Å². The zero-order valence-corrected chi connectivity index (χ0v) is 15.0. The summed E-state index contributed by atoms with van der Waals surface area (Å²) in [5.74, 6) is 1.15. The van der Waals surface area contributed by atoms with Crippen LogP contribution < -0.4 is 0 Å². The molecule has 1 aliphatic heterocycles. The highest BCUT2D eigenvalue weighted by molar-refractivity contribution is 5.88. The molecule has 1 saturated heterocycles. The maximum absolute atomic E-state index is 11.1. The van der Waals surface area contributed by atoms with Gasteiger partial charge in [0.25, 0.3) is 0 Å². The van der Waals surface area contributed by atoms with Crippen LogP contribution in [0.25, 0.3) is 22.3 Å². The van der Waals surface area contributed by atoms with Crippen molar-refractivity contribution in [3.8, 4) is 17.0 Å². The molecule has 1 saturated carbocycles. The summed E-state index contributed by atoms with van der Waals surface area (Å²) >= 11 is 0. The number of aromatic amines is 1. The normalized spacial score (nSPS) is 20.4. The molecule has 0 bridgehead atoms. The first-order valence-corrected chi connectivity index (χ1v) is 9.19. The van der Waals surface area contributed by atoms with E-state index in [-0.39, 0.29) is 11.7 Å². The number of hydrogen-bond acceptors (Lipinski definition) is 4. The first kappa shape index (κ1) is 17.3. The Kier molecular flexibility index (Phi) is 4.62. The number of carbonyl (C=O) groups excluding carboxylic acids is 1. The number of benzene rings is 1. The predicted octanol–water partition coefficient (Wildman–Crippen LogP) is 3.51. The number of aromatic nitrogens is 3. The van der Waals surface area contributed by atoms with Crippen molar-refractivity contribution in [2.75, 3.05) is 6.54 Å². The van der Waals surface area contributed by atoms with Crippen LogP contribution in [0.4, 0.5) is 0 Å². The van der Waals surface area contributed by atoms with E-state index in [1.807, 2.05) is 35.4 Å². The Morgan fingerprint density at radius 3 is 2.89 bits per heavy atom. The monoisotopic (exact) mass is 362 g/mol. The molecule has 1 aliphatic carbocycles. The lowest BCUT2D eigenvalue weighted by Crippen LogP contribution is -2.55. The zero-order chi connectivity index (χ0) is 18.8. The molecule has 1 amide bonds. The number of rotatable bonds is 2. The van der Waals surface area contributed by atoms with Crippen LogP contribution in [-0.4, -0.2) is 43.7 Å². The van der Waals surface area contributed by atoms with Crippen LogP contribution in [0.15, 0.2) is 55.3 Å². The molecule has 2 aliphatic rings. The number of fused-ring (bicyclic) bond motifs is 2. The number of H-pyrrole nitrogens is 1. The average Bonchev–Trinajstić information content (AvgIpc) is 3.28. The van der Waals surface area contributed by atoms with Crippen molar-refractivity contribution < 1.29 is 9.90 Å². The third-order valence-corrected chi connectivity index (χ3v) is 5.39. The van der Waals surface area contributed by atoms with E-state index < -0.39 is 0 Å². The standard InChI is InChI=1S/C12H9N3O.C9H13NO/c16-11-4-2-1-3-9(11)10-7-8-5-6-13-12(8)15-14-10;1-2-9(11)10-6-7-4-3-5-8(7)10/h1-7,16H,(H,13,15);2,7-8H,1,3-6H2/t;7-,8?/m.0/s1. The third kappa shape index (κ3) is 3.30. The number of nitrogens with one attached hydrogen (secondary N) is 1. The molecule has 138 valence electrons. The fourth-order valence-electron chi connectivity index (χ4n) is 3.94. The van der Waals surface area contributed by atoms with E-state index in [2.05, 4.69) is 21.8 Å². The Balaban J connectivity index is 0.000000143. The van der Waals surface area contributed by atoms with Gasteiger partial charge in [0, 0.05) is 29.7 Å². The minimum absolute atomic E-state index is 0.119. The number of nitrogens with zero attached hydrogens (tertiary/aromatic N) is 3. The molecular formula is C21H22N4O2. The lowest BCUT2D eigenvalue weighted by Gasteiger charge is -2.44. The van der Waals surface area contributed by atoms with Crippen molar-refractivity contribution in [2.45, 2.75) is 25.3 Å². The Labute approximate surface area is 157 Å². The molecule has 27 heavy (non-hydrogen) atoms. The highest BCUT2D eigenvalue weighted by Crippen LogP contribution is 2.38. The zero-order valence-electron chi connectivity index (χ0n) is 15.0. The number of carbonyl (C=O) groups is 1. The van der Waals surface area contributed by atoms with Gasteiger partial charge in [-0.3, -0.25) is 4.79 Å². The molecule has 6 nitrogen and oxygen atoms in total. The second kappa shape index (κ2) is 7.23. The fraction of sp³-hybridized carbons (Fsp3) is 0.286. The van der Waals surface area contributed by atoms with Gasteiger partial charge in [-0.2, -0.15) is 0 Å². The first-order chi connectivity index (χ1) is 13.2. The summed E-state index contributed by atoms with van der Waals surface area (Å²) in [4.78, 5) is 16.1. The second-order valence-corrected chi connectivity index (χ2v) is 6.98. The van der Waals surface area contributed by atoms with E-state index in [0.29, 0.717) is 17.3 Å². The molecule has 3 aromatic rings. The van der Waals surface area contributed by atoms with Gasteiger partial charge in [-0.1, -0.05) is 25.1 Å². The van der Waals surface area contributed by atoms with Crippen LogP contribution in [0.2, 0.25) is 0 Å². The predicted molar refractivity (Wildman–Crippen MR) is 104 cm³/mol. The first-order valence-electron chi connectivity index (χ1n) is 9.19. The van der Waals surface area contributed by atoms with Crippen LogP contribution in [0.3, 0.4) is 0 Å². The molecule has 2 N–H and O–H groups in total. The van der Waals surface area contributed by atoms with Gasteiger partial charge < -0.3 is 15.0 Å². The smallest absolute Gasteiger partial charge is 0.246 e. The van der Waals surface area contributed by atoms with E-state index in [9.17, 15) is 9.90 Å². The highest BCUT2D eigenvalue weighted by atomic mass is 16.3. The molecule has 2 fully saturated rings. The van der Waals surface area contributed by atoms with Gasteiger partial charge in [-0.05, 0) is 49.1 Å². The van der Waals surface area contributed by atoms with Gasteiger partial charge in [0.1, 0.15) is 5.75 Å². The molecule has 2 atom stereocenters. The quantitative estimate of drug-likeness (QED) is 0.684. The number of amides is 1. The molecular weight excluding hydrogens is 340 g/mol. The summed E-state index contributed by atoms with van der Waals surface area (Å²) in [6.45, 7) is 4.47. The van der Waals surface area contributed by atoms with Crippen LogP contribution in [0, 0.1) is 5.92 Å². The van der Waals surface area contributed by atoms with Gasteiger partial charge >= 0.3 is 0 Å². The Bertz CT molecular complexity index is 981. The van der Waals surface area contributed by atoms with E-state index in [1.165, 1.54) is 25.3 Å². The lowest BCUT2D eigenvalue weighted by atomic mass is 9.92. The van der Waals surface area contributed by atoms with Crippen LogP contribution >= 0.6 is 0 Å². The summed E-state index contributed by atoms with van der Waals surface area (Å²) in [7, 11) is 0. The number of para-hydroxylation sites is 1. The number of hydrogen-bond donors (Lipinski definition) is 2. The number of aromatic hydroxyl groups is 1. The van der Waals surface area contributed by atoms with Crippen molar-refractivity contribution in [2.24, 2.45) is 5.92 Å². The number of phenolic OH excluding ortho intramolecular Hbond substituents is 1. The van der Waals surface area contributed by atoms with Gasteiger partial charge in [0.15, 0.2) is 5.65 Å².